The van der Waals surface area contributed by atoms with Crippen LogP contribution in [0.25, 0.3) is 0 Å². The maximum Gasteiger partial charge on any atom is 0.223 e. The van der Waals surface area contributed by atoms with Crippen LogP contribution in [-0.2, 0) is 30.7 Å². The summed E-state index contributed by atoms with van der Waals surface area (Å²) in [6, 6.07) is 14.5. The minimum atomic E-state index is 0.183. The Morgan fingerprint density at radius 3 is 2.21 bits per heavy atom. The van der Waals surface area contributed by atoms with E-state index in [1.807, 2.05) is 17.0 Å². The molecule has 2 aromatic rings. The molecule has 2 aromatic carbocycles. The molecule has 3 N–H and O–H groups in total. The molecule has 5 nitrogen and oxygen atoms in total. The molecule has 148 valence electrons. The molecule has 0 unspecified atom stereocenters. The number of carbonyl (C=O) groups is 1. The third kappa shape index (κ3) is 4.71. The van der Waals surface area contributed by atoms with Crippen LogP contribution < -0.4 is 11.1 Å². The van der Waals surface area contributed by atoms with Crippen molar-refractivity contribution in [2.24, 2.45) is 10.7 Å². The topological polar surface area (TPSA) is 70.7 Å². The molecule has 0 atom stereocenters. The molecule has 28 heavy (non-hydrogen) atoms. The van der Waals surface area contributed by atoms with Crippen molar-refractivity contribution in [1.82, 2.24) is 4.90 Å². The molecule has 3 rings (SSSR count). The zero-order chi connectivity index (χ0) is 19.9. The summed E-state index contributed by atoms with van der Waals surface area (Å²) >= 11 is 0. The second-order valence-corrected chi connectivity index (χ2v) is 7.17. The van der Waals surface area contributed by atoms with E-state index in [4.69, 9.17) is 5.73 Å². The Balaban J connectivity index is 1.48. The summed E-state index contributed by atoms with van der Waals surface area (Å²) in [4.78, 5) is 18.8. The maximum atomic E-state index is 12.4. The number of hydrogen-bond acceptors (Lipinski definition) is 2. The lowest BCUT2D eigenvalue weighted by atomic mass is 10.0. The first-order valence-electron chi connectivity index (χ1n) is 10.1. The van der Waals surface area contributed by atoms with E-state index < -0.39 is 0 Å². The second kappa shape index (κ2) is 9.40. The van der Waals surface area contributed by atoms with Gasteiger partial charge in [0.25, 0.3) is 0 Å². The van der Waals surface area contributed by atoms with Crippen molar-refractivity contribution >= 4 is 17.6 Å². The van der Waals surface area contributed by atoms with Crippen molar-refractivity contribution in [2.75, 3.05) is 11.9 Å². The van der Waals surface area contributed by atoms with Gasteiger partial charge in [0.15, 0.2) is 5.96 Å². The van der Waals surface area contributed by atoms with E-state index in [1.54, 1.807) is 0 Å². The number of nitrogens with one attached hydrogen (secondary N) is 1. The third-order valence-corrected chi connectivity index (χ3v) is 5.28. The lowest BCUT2D eigenvalue weighted by Crippen LogP contribution is -2.26. The van der Waals surface area contributed by atoms with Gasteiger partial charge in [-0.2, -0.15) is 0 Å². The summed E-state index contributed by atoms with van der Waals surface area (Å²) in [5, 5.41) is 3.27. The van der Waals surface area contributed by atoms with Gasteiger partial charge in [0.1, 0.15) is 0 Å². The van der Waals surface area contributed by atoms with Gasteiger partial charge in [0, 0.05) is 31.7 Å². The van der Waals surface area contributed by atoms with E-state index in [9.17, 15) is 4.79 Å². The van der Waals surface area contributed by atoms with E-state index in [1.165, 1.54) is 22.3 Å². The van der Waals surface area contributed by atoms with Gasteiger partial charge in [-0.15, -0.1) is 0 Å². The SMILES string of the molecule is CCc1cccc(CC)c1NC(N)=NCCCC(=O)N1Cc2ccccc2C1. The highest BCUT2D eigenvalue weighted by atomic mass is 16.2. The van der Waals surface area contributed by atoms with Gasteiger partial charge in [-0.1, -0.05) is 56.3 Å². The van der Waals surface area contributed by atoms with E-state index in [2.05, 4.69) is 54.5 Å². The lowest BCUT2D eigenvalue weighted by molar-refractivity contribution is -0.131. The van der Waals surface area contributed by atoms with Gasteiger partial charge in [0.05, 0.1) is 0 Å². The van der Waals surface area contributed by atoms with Gasteiger partial charge in [0.2, 0.25) is 5.91 Å². The molecule has 0 radical (unpaired) electrons. The van der Waals surface area contributed by atoms with Crippen molar-refractivity contribution < 1.29 is 4.79 Å². The fourth-order valence-corrected chi connectivity index (χ4v) is 3.67. The average molecular weight is 379 g/mol. The van der Waals surface area contributed by atoms with Crippen LogP contribution in [0.2, 0.25) is 0 Å². The van der Waals surface area contributed by atoms with Crippen molar-refractivity contribution in [2.45, 2.75) is 52.6 Å². The highest BCUT2D eigenvalue weighted by molar-refractivity contribution is 5.93. The van der Waals surface area contributed by atoms with Gasteiger partial charge >= 0.3 is 0 Å². The third-order valence-electron chi connectivity index (χ3n) is 5.28. The fraction of sp³-hybridized carbons (Fsp3) is 0.391. The van der Waals surface area contributed by atoms with Gasteiger partial charge in [-0.3, -0.25) is 9.79 Å². The Bertz CT molecular complexity index is 812. The summed E-state index contributed by atoms with van der Waals surface area (Å²) in [5.41, 5.74) is 12.1. The molecule has 0 spiro atoms. The van der Waals surface area contributed by atoms with Crippen LogP contribution in [0, 0.1) is 0 Å². The van der Waals surface area contributed by atoms with Crippen LogP contribution in [0.1, 0.15) is 48.9 Å². The Hall–Kier alpha value is -2.82. The van der Waals surface area contributed by atoms with Crippen LogP contribution in [0.5, 0.6) is 0 Å². The molecule has 0 bridgehead atoms. The van der Waals surface area contributed by atoms with Crippen LogP contribution in [0.4, 0.5) is 5.69 Å². The number of guanidine groups is 1. The smallest absolute Gasteiger partial charge is 0.223 e. The summed E-state index contributed by atoms with van der Waals surface area (Å²) in [5.74, 6) is 0.596. The lowest BCUT2D eigenvalue weighted by Gasteiger charge is -2.15. The average Bonchev–Trinajstić information content (AvgIpc) is 3.15. The number of amides is 1. The number of carbonyl (C=O) groups excluding carboxylic acids is 1. The summed E-state index contributed by atoms with van der Waals surface area (Å²) < 4.78 is 0. The molecule has 0 saturated carbocycles. The number of para-hydroxylation sites is 1. The van der Waals surface area contributed by atoms with Crippen LogP contribution >= 0.6 is 0 Å². The molecule has 0 saturated heterocycles. The van der Waals surface area contributed by atoms with Crippen LogP contribution in [0.15, 0.2) is 47.5 Å². The Morgan fingerprint density at radius 2 is 1.64 bits per heavy atom. The van der Waals surface area contributed by atoms with E-state index in [0.717, 1.165) is 31.6 Å². The number of nitrogens with two attached hydrogens (primary N) is 1. The minimum absolute atomic E-state index is 0.183. The zero-order valence-electron chi connectivity index (χ0n) is 16.9. The Kier molecular flexibility index (Phi) is 6.69. The summed E-state index contributed by atoms with van der Waals surface area (Å²) in [6.45, 7) is 6.25. The van der Waals surface area contributed by atoms with E-state index in [-0.39, 0.29) is 5.91 Å². The molecule has 1 amide bonds. The Labute approximate surface area is 167 Å². The molecular formula is C23H30N4O. The standard InChI is InChI=1S/C23H30N4O/c1-3-17-11-7-12-18(4-2)22(17)26-23(24)25-14-8-13-21(28)27-15-19-9-5-6-10-20(19)16-27/h5-7,9-12H,3-4,8,13-16H2,1-2H3,(H3,24,25,26). The van der Waals surface area contributed by atoms with Crippen LogP contribution in [0.3, 0.4) is 0 Å². The van der Waals surface area contributed by atoms with Gasteiger partial charge in [-0.05, 0) is 41.5 Å². The minimum Gasteiger partial charge on any atom is -0.370 e. The predicted molar refractivity (Wildman–Crippen MR) is 115 cm³/mol. The quantitative estimate of drug-likeness (QED) is 0.437. The molecule has 1 aliphatic rings. The van der Waals surface area contributed by atoms with Crippen molar-refractivity contribution in [3.8, 4) is 0 Å². The predicted octanol–water partition coefficient (Wildman–Crippen LogP) is 3.86. The van der Waals surface area contributed by atoms with E-state index >= 15 is 0 Å². The fourth-order valence-electron chi connectivity index (χ4n) is 3.67. The highest BCUT2D eigenvalue weighted by Crippen LogP contribution is 2.23. The Morgan fingerprint density at radius 1 is 1.04 bits per heavy atom. The highest BCUT2D eigenvalue weighted by Gasteiger charge is 2.22. The number of anilines is 1. The number of nitrogens with zero attached hydrogens (tertiary/aromatic N) is 2. The molecule has 5 heteroatoms. The molecule has 1 aliphatic heterocycles. The first-order chi connectivity index (χ1) is 13.6. The first kappa shape index (κ1) is 19.9. The van der Waals surface area contributed by atoms with Crippen molar-refractivity contribution in [1.29, 1.82) is 0 Å². The van der Waals surface area contributed by atoms with Crippen LogP contribution in [-0.4, -0.2) is 23.3 Å². The molecular weight excluding hydrogens is 348 g/mol. The number of aliphatic imine (C=N–C) groups is 1. The number of benzene rings is 2. The molecule has 0 fully saturated rings. The molecule has 0 aromatic heterocycles. The van der Waals surface area contributed by atoms with E-state index in [0.29, 0.717) is 25.3 Å². The number of hydrogen-bond donors (Lipinski definition) is 2. The maximum absolute atomic E-state index is 12.4. The molecule has 1 heterocycles. The summed E-state index contributed by atoms with van der Waals surface area (Å²) in [6.07, 6.45) is 3.08. The second-order valence-electron chi connectivity index (χ2n) is 7.17. The van der Waals surface area contributed by atoms with Gasteiger partial charge < -0.3 is 16.0 Å². The molecule has 0 aliphatic carbocycles. The zero-order valence-corrected chi connectivity index (χ0v) is 16.9. The van der Waals surface area contributed by atoms with Crippen molar-refractivity contribution in [3.05, 3.63) is 64.7 Å². The van der Waals surface area contributed by atoms with Gasteiger partial charge in [-0.25, -0.2) is 0 Å². The number of aryl methyl sites for hydroxylation is 2. The monoisotopic (exact) mass is 378 g/mol. The first-order valence-corrected chi connectivity index (χ1v) is 10.1. The number of rotatable bonds is 7. The largest absolute Gasteiger partial charge is 0.370 e. The summed E-state index contributed by atoms with van der Waals surface area (Å²) in [7, 11) is 0. The normalized spacial score (nSPS) is 13.5. The van der Waals surface area contributed by atoms with Crippen molar-refractivity contribution in [3.63, 3.8) is 0 Å². The number of fused-ring (bicyclic) bond motifs is 1.